The van der Waals surface area contributed by atoms with Gasteiger partial charge in [-0.15, -0.1) is 0 Å². The Balaban J connectivity index is 1.48. The lowest BCUT2D eigenvalue weighted by Crippen LogP contribution is -2.37. The van der Waals surface area contributed by atoms with Crippen LogP contribution in [0, 0.1) is 0 Å². The van der Waals surface area contributed by atoms with Crippen molar-refractivity contribution in [1.82, 2.24) is 20.4 Å². The van der Waals surface area contributed by atoms with Crippen molar-refractivity contribution in [3.8, 4) is 5.69 Å². The van der Waals surface area contributed by atoms with E-state index >= 15 is 0 Å². The molecule has 1 aromatic heterocycles. The summed E-state index contributed by atoms with van der Waals surface area (Å²) in [6, 6.07) is 15.1. The minimum atomic E-state index is -4.35. The normalized spacial score (nSPS) is 12.1. The Morgan fingerprint density at radius 3 is 2.55 bits per heavy atom. The van der Waals surface area contributed by atoms with Crippen LogP contribution < -0.4 is 10.6 Å². The van der Waals surface area contributed by atoms with E-state index in [9.17, 15) is 13.2 Å². The Labute approximate surface area is 167 Å². The predicted molar refractivity (Wildman–Crippen MR) is 107 cm³/mol. The second-order valence-electron chi connectivity index (χ2n) is 6.43. The maximum Gasteiger partial charge on any atom is 0.416 e. The van der Waals surface area contributed by atoms with Crippen molar-refractivity contribution in [2.24, 2.45) is 4.99 Å². The van der Waals surface area contributed by atoms with Gasteiger partial charge in [0.25, 0.3) is 0 Å². The molecule has 3 rings (SSSR count). The summed E-state index contributed by atoms with van der Waals surface area (Å²) in [5, 5.41) is 10.6. The molecule has 0 saturated carbocycles. The number of hydrogen-bond acceptors (Lipinski definition) is 2. The van der Waals surface area contributed by atoms with Crippen LogP contribution in [-0.2, 0) is 19.1 Å². The molecule has 0 fully saturated rings. The molecule has 0 aliphatic rings. The maximum absolute atomic E-state index is 12.8. The molecule has 0 unspecified atom stereocenters. The Bertz CT molecular complexity index is 948. The molecule has 5 nitrogen and oxygen atoms in total. The second-order valence-corrected chi connectivity index (χ2v) is 6.43. The number of benzene rings is 2. The topological polar surface area (TPSA) is 54.2 Å². The highest BCUT2D eigenvalue weighted by Crippen LogP contribution is 2.29. The molecular formula is C21H22F3N5. The van der Waals surface area contributed by atoms with E-state index in [2.05, 4.69) is 20.7 Å². The summed E-state index contributed by atoms with van der Waals surface area (Å²) in [6.07, 6.45) is 0.167. The van der Waals surface area contributed by atoms with E-state index in [1.807, 2.05) is 47.4 Å². The molecule has 1 heterocycles. The van der Waals surface area contributed by atoms with Gasteiger partial charge in [-0.3, -0.25) is 4.99 Å². The number of guanidine groups is 1. The lowest BCUT2D eigenvalue weighted by atomic mass is 10.1. The zero-order valence-corrected chi connectivity index (χ0v) is 15.9. The molecule has 0 saturated heterocycles. The lowest BCUT2D eigenvalue weighted by molar-refractivity contribution is -0.137. The number of aliphatic imine (C=N–C) groups is 1. The summed E-state index contributed by atoms with van der Waals surface area (Å²) in [7, 11) is 1.62. The first kappa shape index (κ1) is 20.4. The van der Waals surface area contributed by atoms with Gasteiger partial charge in [-0.05, 0) is 41.8 Å². The van der Waals surface area contributed by atoms with Crippen LogP contribution in [0.1, 0.15) is 16.7 Å². The van der Waals surface area contributed by atoms with Crippen molar-refractivity contribution in [3.05, 3.63) is 83.7 Å². The van der Waals surface area contributed by atoms with Crippen molar-refractivity contribution in [3.63, 3.8) is 0 Å². The summed E-state index contributed by atoms with van der Waals surface area (Å²) in [5.74, 6) is 0.526. The number of halogens is 3. The van der Waals surface area contributed by atoms with Gasteiger partial charge in [-0.25, -0.2) is 4.68 Å². The van der Waals surface area contributed by atoms with Crippen LogP contribution in [0.15, 0.2) is 72.0 Å². The van der Waals surface area contributed by atoms with E-state index in [-0.39, 0.29) is 6.54 Å². The first-order valence-corrected chi connectivity index (χ1v) is 9.15. The molecule has 2 N–H and O–H groups in total. The number of nitrogens with one attached hydrogen (secondary N) is 2. The monoisotopic (exact) mass is 401 g/mol. The molecule has 29 heavy (non-hydrogen) atoms. The first-order chi connectivity index (χ1) is 14.0. The number of alkyl halides is 3. The number of rotatable bonds is 6. The van der Waals surface area contributed by atoms with Crippen LogP contribution in [0.2, 0.25) is 0 Å². The van der Waals surface area contributed by atoms with Gasteiger partial charge in [-0.2, -0.15) is 18.3 Å². The van der Waals surface area contributed by atoms with Crippen molar-refractivity contribution >= 4 is 5.96 Å². The van der Waals surface area contributed by atoms with Crippen LogP contribution in [0.4, 0.5) is 13.2 Å². The van der Waals surface area contributed by atoms with Crippen molar-refractivity contribution in [1.29, 1.82) is 0 Å². The Morgan fingerprint density at radius 1 is 1.03 bits per heavy atom. The molecule has 0 amide bonds. The molecule has 0 radical (unpaired) electrons. The summed E-state index contributed by atoms with van der Waals surface area (Å²) in [4.78, 5) is 4.11. The molecule has 0 aliphatic heterocycles. The Hall–Kier alpha value is -3.29. The quantitative estimate of drug-likeness (QED) is 0.488. The van der Waals surface area contributed by atoms with Crippen molar-refractivity contribution in [2.75, 3.05) is 13.6 Å². The van der Waals surface area contributed by atoms with Gasteiger partial charge in [0.2, 0.25) is 0 Å². The third-order valence-electron chi connectivity index (χ3n) is 4.30. The van der Waals surface area contributed by atoms with Crippen LogP contribution >= 0.6 is 0 Å². The SMILES string of the molecule is CN=C(NCCc1cnn(-c2ccccc2)c1)NCc1cccc(C(F)(F)F)c1. The summed E-state index contributed by atoms with van der Waals surface area (Å²) in [6.45, 7) is 0.859. The van der Waals surface area contributed by atoms with Gasteiger partial charge < -0.3 is 10.6 Å². The maximum atomic E-state index is 12.8. The van der Waals surface area contributed by atoms with Crippen molar-refractivity contribution in [2.45, 2.75) is 19.1 Å². The predicted octanol–water partition coefficient (Wildman–Crippen LogP) is 3.80. The molecule has 0 bridgehead atoms. The molecular weight excluding hydrogens is 379 g/mol. The smallest absolute Gasteiger partial charge is 0.356 e. The van der Waals surface area contributed by atoms with Crippen LogP contribution in [-0.4, -0.2) is 29.3 Å². The molecule has 2 aromatic carbocycles. The Morgan fingerprint density at radius 2 is 1.83 bits per heavy atom. The second kappa shape index (κ2) is 9.27. The zero-order chi connectivity index (χ0) is 20.7. The number of aromatic nitrogens is 2. The summed E-state index contributed by atoms with van der Waals surface area (Å²) in [5.41, 5.74) is 1.93. The third kappa shape index (κ3) is 5.84. The van der Waals surface area contributed by atoms with Gasteiger partial charge in [0.05, 0.1) is 17.4 Å². The highest BCUT2D eigenvalue weighted by atomic mass is 19.4. The van der Waals surface area contributed by atoms with Crippen LogP contribution in [0.25, 0.3) is 5.69 Å². The molecule has 8 heteroatoms. The zero-order valence-electron chi connectivity index (χ0n) is 15.9. The van der Waals surface area contributed by atoms with E-state index < -0.39 is 11.7 Å². The fourth-order valence-electron chi connectivity index (χ4n) is 2.80. The van der Waals surface area contributed by atoms with E-state index in [0.717, 1.165) is 29.8 Å². The summed E-state index contributed by atoms with van der Waals surface area (Å²) >= 11 is 0. The van der Waals surface area contributed by atoms with Gasteiger partial charge in [-0.1, -0.05) is 30.3 Å². The fraction of sp³-hybridized carbons (Fsp3) is 0.238. The van der Waals surface area contributed by atoms with E-state index in [0.29, 0.717) is 18.1 Å². The van der Waals surface area contributed by atoms with Crippen LogP contribution in [0.3, 0.4) is 0 Å². The number of para-hydroxylation sites is 1. The lowest BCUT2D eigenvalue weighted by Gasteiger charge is -2.13. The summed E-state index contributed by atoms with van der Waals surface area (Å²) < 4.78 is 40.2. The number of hydrogen-bond donors (Lipinski definition) is 2. The highest BCUT2D eigenvalue weighted by Gasteiger charge is 2.30. The van der Waals surface area contributed by atoms with Gasteiger partial charge in [0, 0.05) is 26.3 Å². The molecule has 3 aromatic rings. The van der Waals surface area contributed by atoms with E-state index in [1.54, 1.807) is 13.1 Å². The average molecular weight is 401 g/mol. The van der Waals surface area contributed by atoms with Crippen LogP contribution in [0.5, 0.6) is 0 Å². The van der Waals surface area contributed by atoms with Gasteiger partial charge in [0.15, 0.2) is 5.96 Å². The Kier molecular flexibility index (Phi) is 6.54. The minimum Gasteiger partial charge on any atom is -0.356 e. The van der Waals surface area contributed by atoms with E-state index in [4.69, 9.17) is 0 Å². The fourth-order valence-corrected chi connectivity index (χ4v) is 2.80. The molecule has 152 valence electrons. The third-order valence-corrected chi connectivity index (χ3v) is 4.30. The molecule has 0 aliphatic carbocycles. The van der Waals surface area contributed by atoms with Crippen molar-refractivity contribution < 1.29 is 13.2 Å². The van der Waals surface area contributed by atoms with Gasteiger partial charge in [0.1, 0.15) is 0 Å². The number of nitrogens with zero attached hydrogens (tertiary/aromatic N) is 3. The van der Waals surface area contributed by atoms with E-state index in [1.165, 1.54) is 6.07 Å². The first-order valence-electron chi connectivity index (χ1n) is 9.15. The highest BCUT2D eigenvalue weighted by molar-refractivity contribution is 5.79. The average Bonchev–Trinajstić information content (AvgIpc) is 3.20. The molecule has 0 atom stereocenters. The molecule has 0 spiro atoms. The minimum absolute atomic E-state index is 0.246. The largest absolute Gasteiger partial charge is 0.416 e. The standard InChI is InChI=1S/C21H22F3N5/c1-25-20(27-13-16-6-5-7-18(12-16)21(22,23)24)26-11-10-17-14-28-29(15-17)19-8-3-2-4-9-19/h2-9,12,14-15H,10-11,13H2,1H3,(H2,25,26,27). The van der Waals surface area contributed by atoms with Gasteiger partial charge >= 0.3 is 6.18 Å².